The second-order valence-corrected chi connectivity index (χ2v) is 3.73. The molecular formula is C11H19N3O. The minimum absolute atomic E-state index is 0.0590. The minimum atomic E-state index is 0.0590. The standard InChI is InChI=1S/C11H19N3O/c1-14(7-10(12)9-15-2)8-11-5-3-4-6-13-11/h3-6,10H,7-9,12H2,1-2H3. The van der Waals surface area contributed by atoms with Crippen LogP contribution in [-0.2, 0) is 11.3 Å². The van der Waals surface area contributed by atoms with Gasteiger partial charge in [-0.1, -0.05) is 6.07 Å². The fourth-order valence-corrected chi connectivity index (χ4v) is 1.50. The molecule has 1 aromatic rings. The molecule has 1 unspecified atom stereocenters. The van der Waals surface area contributed by atoms with Crippen LogP contribution in [0.3, 0.4) is 0 Å². The van der Waals surface area contributed by atoms with Crippen LogP contribution < -0.4 is 5.73 Å². The number of pyridine rings is 1. The Balaban J connectivity index is 2.33. The van der Waals surface area contributed by atoms with E-state index in [-0.39, 0.29) is 6.04 Å². The maximum Gasteiger partial charge on any atom is 0.0626 e. The quantitative estimate of drug-likeness (QED) is 0.740. The second kappa shape index (κ2) is 6.50. The van der Waals surface area contributed by atoms with Crippen molar-refractivity contribution < 1.29 is 4.74 Å². The summed E-state index contributed by atoms with van der Waals surface area (Å²) in [4.78, 5) is 6.40. The lowest BCUT2D eigenvalue weighted by Crippen LogP contribution is -2.38. The van der Waals surface area contributed by atoms with Crippen LogP contribution in [0.15, 0.2) is 24.4 Å². The molecule has 1 aromatic heterocycles. The van der Waals surface area contributed by atoms with Gasteiger partial charge in [-0.3, -0.25) is 9.88 Å². The van der Waals surface area contributed by atoms with E-state index in [1.165, 1.54) is 0 Å². The summed E-state index contributed by atoms with van der Waals surface area (Å²) in [5, 5.41) is 0. The number of hydrogen-bond donors (Lipinski definition) is 1. The molecule has 0 bridgehead atoms. The molecule has 4 heteroatoms. The van der Waals surface area contributed by atoms with E-state index in [4.69, 9.17) is 10.5 Å². The molecule has 0 aliphatic rings. The summed E-state index contributed by atoms with van der Waals surface area (Å²) in [6, 6.07) is 5.98. The summed E-state index contributed by atoms with van der Waals surface area (Å²) in [5.41, 5.74) is 6.91. The highest BCUT2D eigenvalue weighted by molar-refractivity contribution is 5.03. The van der Waals surface area contributed by atoms with Gasteiger partial charge in [0.2, 0.25) is 0 Å². The van der Waals surface area contributed by atoms with Crippen molar-refractivity contribution in [3.05, 3.63) is 30.1 Å². The molecule has 15 heavy (non-hydrogen) atoms. The van der Waals surface area contributed by atoms with Gasteiger partial charge in [-0.05, 0) is 19.2 Å². The molecule has 1 heterocycles. The van der Waals surface area contributed by atoms with Crippen LogP contribution in [0.25, 0.3) is 0 Å². The Morgan fingerprint density at radius 3 is 2.93 bits per heavy atom. The average Bonchev–Trinajstić information content (AvgIpc) is 2.19. The van der Waals surface area contributed by atoms with Crippen molar-refractivity contribution in [2.75, 3.05) is 27.3 Å². The van der Waals surface area contributed by atoms with Crippen LogP contribution in [0.2, 0.25) is 0 Å². The number of aromatic nitrogens is 1. The lowest BCUT2D eigenvalue weighted by Gasteiger charge is -2.20. The van der Waals surface area contributed by atoms with E-state index in [9.17, 15) is 0 Å². The molecule has 0 amide bonds. The lowest BCUT2D eigenvalue weighted by atomic mass is 10.3. The van der Waals surface area contributed by atoms with Crippen LogP contribution in [0, 0.1) is 0 Å². The highest BCUT2D eigenvalue weighted by Gasteiger charge is 2.07. The van der Waals surface area contributed by atoms with Crippen molar-refractivity contribution >= 4 is 0 Å². The summed E-state index contributed by atoms with van der Waals surface area (Å²) in [6.07, 6.45) is 1.80. The summed E-state index contributed by atoms with van der Waals surface area (Å²) in [5.74, 6) is 0. The van der Waals surface area contributed by atoms with Crippen molar-refractivity contribution in [1.29, 1.82) is 0 Å². The molecule has 4 nitrogen and oxygen atoms in total. The van der Waals surface area contributed by atoms with Gasteiger partial charge in [-0.15, -0.1) is 0 Å². The molecule has 0 fully saturated rings. The van der Waals surface area contributed by atoms with E-state index >= 15 is 0 Å². The highest BCUT2D eigenvalue weighted by Crippen LogP contribution is 1.99. The Labute approximate surface area is 91.1 Å². The molecule has 0 aliphatic heterocycles. The molecule has 0 aromatic carbocycles. The van der Waals surface area contributed by atoms with E-state index in [2.05, 4.69) is 9.88 Å². The zero-order valence-electron chi connectivity index (χ0n) is 9.39. The molecule has 0 aliphatic carbocycles. The summed E-state index contributed by atoms with van der Waals surface area (Å²) in [6.45, 7) is 2.22. The Bertz CT molecular complexity index is 266. The predicted molar refractivity (Wildman–Crippen MR) is 60.4 cm³/mol. The van der Waals surface area contributed by atoms with Crippen molar-refractivity contribution in [2.45, 2.75) is 12.6 Å². The topological polar surface area (TPSA) is 51.4 Å². The zero-order chi connectivity index (χ0) is 11.1. The first-order chi connectivity index (χ1) is 7.22. The van der Waals surface area contributed by atoms with Crippen LogP contribution in [0.5, 0.6) is 0 Å². The van der Waals surface area contributed by atoms with Crippen LogP contribution in [-0.4, -0.2) is 43.2 Å². The number of ether oxygens (including phenoxy) is 1. The van der Waals surface area contributed by atoms with E-state index < -0.39 is 0 Å². The molecule has 0 radical (unpaired) electrons. The van der Waals surface area contributed by atoms with E-state index in [0.717, 1.165) is 18.8 Å². The molecule has 0 saturated heterocycles. The highest BCUT2D eigenvalue weighted by atomic mass is 16.5. The monoisotopic (exact) mass is 209 g/mol. The maximum absolute atomic E-state index is 5.85. The number of nitrogens with zero attached hydrogens (tertiary/aromatic N) is 2. The van der Waals surface area contributed by atoms with Gasteiger partial charge in [0, 0.05) is 32.4 Å². The smallest absolute Gasteiger partial charge is 0.0626 e. The fourth-order valence-electron chi connectivity index (χ4n) is 1.50. The van der Waals surface area contributed by atoms with Crippen molar-refractivity contribution in [2.24, 2.45) is 5.73 Å². The summed E-state index contributed by atoms with van der Waals surface area (Å²) >= 11 is 0. The van der Waals surface area contributed by atoms with Gasteiger partial charge in [-0.2, -0.15) is 0 Å². The van der Waals surface area contributed by atoms with Crippen molar-refractivity contribution in [1.82, 2.24) is 9.88 Å². The first-order valence-electron chi connectivity index (χ1n) is 5.05. The SMILES string of the molecule is COCC(N)CN(C)Cc1ccccn1. The van der Waals surface area contributed by atoms with Gasteiger partial charge in [-0.25, -0.2) is 0 Å². The van der Waals surface area contributed by atoms with Crippen LogP contribution in [0.1, 0.15) is 5.69 Å². The second-order valence-electron chi connectivity index (χ2n) is 3.73. The van der Waals surface area contributed by atoms with Crippen molar-refractivity contribution in [3.8, 4) is 0 Å². The molecule has 0 spiro atoms. The van der Waals surface area contributed by atoms with E-state index in [1.54, 1.807) is 13.3 Å². The first kappa shape index (κ1) is 12.1. The normalized spacial score (nSPS) is 13.1. The van der Waals surface area contributed by atoms with Gasteiger partial charge in [0.05, 0.1) is 12.3 Å². The van der Waals surface area contributed by atoms with Crippen LogP contribution in [0.4, 0.5) is 0 Å². The summed E-state index contributed by atoms with van der Waals surface area (Å²) < 4.78 is 4.99. The Morgan fingerprint density at radius 1 is 1.53 bits per heavy atom. The Morgan fingerprint density at radius 2 is 2.33 bits per heavy atom. The Hall–Kier alpha value is -0.970. The van der Waals surface area contributed by atoms with Gasteiger partial charge >= 0.3 is 0 Å². The predicted octanol–water partition coefficient (Wildman–Crippen LogP) is 0.487. The third-order valence-corrected chi connectivity index (χ3v) is 2.08. The Kier molecular flexibility index (Phi) is 5.25. The number of hydrogen-bond acceptors (Lipinski definition) is 4. The molecule has 1 atom stereocenters. The number of methoxy groups -OCH3 is 1. The van der Waals surface area contributed by atoms with Gasteiger partial charge in [0.15, 0.2) is 0 Å². The van der Waals surface area contributed by atoms with Gasteiger partial charge < -0.3 is 10.5 Å². The number of rotatable bonds is 6. The number of likely N-dealkylation sites (N-methyl/N-ethyl adjacent to an activating group) is 1. The molecule has 84 valence electrons. The molecule has 1 rings (SSSR count). The third kappa shape index (κ3) is 4.88. The lowest BCUT2D eigenvalue weighted by molar-refractivity contribution is 0.159. The molecule has 2 N–H and O–H groups in total. The molecule has 0 saturated carbocycles. The summed E-state index contributed by atoms with van der Waals surface area (Å²) in [7, 11) is 3.70. The van der Waals surface area contributed by atoms with Crippen molar-refractivity contribution in [3.63, 3.8) is 0 Å². The third-order valence-electron chi connectivity index (χ3n) is 2.08. The van der Waals surface area contributed by atoms with E-state index in [0.29, 0.717) is 6.61 Å². The first-order valence-corrected chi connectivity index (χ1v) is 5.05. The van der Waals surface area contributed by atoms with Crippen LogP contribution >= 0.6 is 0 Å². The zero-order valence-corrected chi connectivity index (χ0v) is 9.39. The minimum Gasteiger partial charge on any atom is -0.383 e. The largest absolute Gasteiger partial charge is 0.383 e. The van der Waals surface area contributed by atoms with Gasteiger partial charge in [0.25, 0.3) is 0 Å². The molecular weight excluding hydrogens is 190 g/mol. The maximum atomic E-state index is 5.85. The van der Waals surface area contributed by atoms with Gasteiger partial charge in [0.1, 0.15) is 0 Å². The average molecular weight is 209 g/mol. The number of nitrogens with two attached hydrogens (primary N) is 1. The van der Waals surface area contributed by atoms with E-state index in [1.807, 2.05) is 25.2 Å². The fraction of sp³-hybridized carbons (Fsp3) is 0.545.